The van der Waals surface area contributed by atoms with Gasteiger partial charge in [-0.2, -0.15) is 0 Å². The fourth-order valence-corrected chi connectivity index (χ4v) is 2.65. The second kappa shape index (κ2) is 6.81. The summed E-state index contributed by atoms with van der Waals surface area (Å²) in [5.41, 5.74) is 3.14. The Bertz CT molecular complexity index is 590. The summed E-state index contributed by atoms with van der Waals surface area (Å²) in [6.07, 6.45) is 0. The monoisotopic (exact) mass is 302 g/mol. The summed E-state index contributed by atoms with van der Waals surface area (Å²) in [4.78, 5) is 9.31. The third kappa shape index (κ3) is 2.93. The molecule has 2 N–H and O–H groups in total. The van der Waals surface area contributed by atoms with Crippen LogP contribution in [0.5, 0.6) is 11.5 Å². The maximum Gasteiger partial charge on any atom is 0.176 e. The van der Waals surface area contributed by atoms with E-state index < -0.39 is 0 Å². The third-order valence-electron chi connectivity index (χ3n) is 3.81. The van der Waals surface area contributed by atoms with Gasteiger partial charge in [0, 0.05) is 22.3 Å². The van der Waals surface area contributed by atoms with Crippen LogP contribution in [0.3, 0.4) is 0 Å². The second-order valence-corrected chi connectivity index (χ2v) is 5.94. The first-order chi connectivity index (χ1) is 10.5. The van der Waals surface area contributed by atoms with Gasteiger partial charge in [0.05, 0.1) is 0 Å². The van der Waals surface area contributed by atoms with Gasteiger partial charge in [-0.1, -0.05) is 64.1 Å². The molecule has 22 heavy (non-hydrogen) atoms. The second-order valence-electron chi connectivity index (χ2n) is 5.94. The molecule has 0 amide bonds. The maximum absolute atomic E-state index is 9.35. The van der Waals surface area contributed by atoms with Crippen LogP contribution in [0.15, 0.2) is 36.4 Å². The molecule has 0 bridgehead atoms. The zero-order chi connectivity index (χ0) is 16.3. The average molecular weight is 302 g/mol. The first-order valence-corrected chi connectivity index (χ1v) is 7.40. The van der Waals surface area contributed by atoms with Crippen molar-refractivity contribution in [3.63, 3.8) is 0 Å². The molecule has 0 aliphatic carbocycles. The Balaban J connectivity index is 2.72. The van der Waals surface area contributed by atoms with Crippen molar-refractivity contribution in [2.24, 2.45) is 0 Å². The molecule has 0 unspecified atom stereocenters. The Morgan fingerprint density at radius 1 is 0.682 bits per heavy atom. The predicted octanol–water partition coefficient (Wildman–Crippen LogP) is 5.30. The zero-order valence-corrected chi connectivity index (χ0v) is 13.3. The number of para-hydroxylation sites is 2. The number of hydrogen-bond donors (Lipinski definition) is 2. The summed E-state index contributed by atoms with van der Waals surface area (Å²) >= 11 is 0. The van der Waals surface area contributed by atoms with E-state index in [1.165, 1.54) is 0 Å². The van der Waals surface area contributed by atoms with E-state index in [9.17, 15) is 10.5 Å². The number of benzene rings is 2. The molecule has 4 heteroatoms. The Hall–Kier alpha value is -2.04. The first kappa shape index (κ1) is 16.3. The normalized spacial score (nSPS) is 11.1. The van der Waals surface area contributed by atoms with Crippen molar-refractivity contribution in [3.8, 4) is 22.6 Å². The lowest BCUT2D eigenvalue weighted by molar-refractivity contribution is -0.139. The molecule has 0 heterocycles. The van der Waals surface area contributed by atoms with E-state index >= 15 is 0 Å². The molecule has 0 saturated heterocycles. The molecule has 118 valence electrons. The lowest BCUT2D eigenvalue weighted by atomic mass is 9.92. The quantitative estimate of drug-likeness (QED) is 0.581. The summed E-state index contributed by atoms with van der Waals surface area (Å²) in [5.74, 6) is 1.15. The van der Waals surface area contributed by atoms with Crippen LogP contribution in [0.1, 0.15) is 50.7 Å². The first-order valence-electron chi connectivity index (χ1n) is 7.40. The molecule has 2 rings (SSSR count). The number of rotatable bonds is 5. The molecular weight excluding hydrogens is 280 g/mol. The molecule has 2 aromatic rings. The van der Waals surface area contributed by atoms with Gasteiger partial charge in [-0.15, -0.1) is 0 Å². The highest BCUT2D eigenvalue weighted by Crippen LogP contribution is 2.43. The standard InChI is InChI=1S/C18H22O4/c1-11(2)13-7-5-9-15(17(13)21-19)16-10-6-8-14(12(3)4)18(16)22-20/h5-12,19-20H,1-4H3. The van der Waals surface area contributed by atoms with Gasteiger partial charge in [-0.25, -0.2) is 10.5 Å². The Labute approximate surface area is 130 Å². The van der Waals surface area contributed by atoms with E-state index in [1.807, 2.05) is 64.1 Å². The van der Waals surface area contributed by atoms with Crippen LogP contribution >= 0.6 is 0 Å². The van der Waals surface area contributed by atoms with Gasteiger partial charge in [0.1, 0.15) is 0 Å². The lowest BCUT2D eigenvalue weighted by Gasteiger charge is -2.18. The van der Waals surface area contributed by atoms with Crippen LogP contribution in [-0.4, -0.2) is 10.5 Å². The van der Waals surface area contributed by atoms with Crippen molar-refractivity contribution < 1.29 is 20.3 Å². The van der Waals surface area contributed by atoms with Gasteiger partial charge in [0.2, 0.25) is 0 Å². The Morgan fingerprint density at radius 2 is 1.05 bits per heavy atom. The molecule has 0 radical (unpaired) electrons. The highest BCUT2D eigenvalue weighted by atomic mass is 17.1. The molecular formula is C18H22O4. The molecule has 0 spiro atoms. The van der Waals surface area contributed by atoms with Crippen molar-refractivity contribution in [1.29, 1.82) is 0 Å². The fraction of sp³-hybridized carbons (Fsp3) is 0.333. The zero-order valence-electron chi connectivity index (χ0n) is 13.3. The maximum atomic E-state index is 9.35. The summed E-state index contributed by atoms with van der Waals surface area (Å²) < 4.78 is 0. The van der Waals surface area contributed by atoms with Crippen LogP contribution in [0, 0.1) is 0 Å². The van der Waals surface area contributed by atoms with Gasteiger partial charge in [0.15, 0.2) is 11.5 Å². The largest absolute Gasteiger partial charge is 0.339 e. The Morgan fingerprint density at radius 3 is 1.32 bits per heavy atom. The van der Waals surface area contributed by atoms with Crippen molar-refractivity contribution in [1.82, 2.24) is 0 Å². The summed E-state index contributed by atoms with van der Waals surface area (Å²) in [7, 11) is 0. The third-order valence-corrected chi connectivity index (χ3v) is 3.81. The highest BCUT2D eigenvalue weighted by molar-refractivity contribution is 5.78. The fourth-order valence-electron chi connectivity index (χ4n) is 2.65. The molecule has 0 aromatic heterocycles. The molecule has 0 atom stereocenters. The smallest absolute Gasteiger partial charge is 0.176 e. The van der Waals surface area contributed by atoms with Gasteiger partial charge in [-0.3, -0.25) is 0 Å². The minimum atomic E-state index is 0.189. The molecule has 0 saturated carbocycles. The molecule has 0 aliphatic rings. The average Bonchev–Trinajstić information content (AvgIpc) is 2.52. The van der Waals surface area contributed by atoms with Crippen LogP contribution in [0.25, 0.3) is 11.1 Å². The summed E-state index contributed by atoms with van der Waals surface area (Å²) in [6.45, 7) is 8.09. The topological polar surface area (TPSA) is 58.9 Å². The predicted molar refractivity (Wildman–Crippen MR) is 86.6 cm³/mol. The molecule has 0 fully saturated rings. The summed E-state index contributed by atoms with van der Waals surface area (Å²) in [6, 6.07) is 11.3. The van der Waals surface area contributed by atoms with Gasteiger partial charge in [0.25, 0.3) is 0 Å². The van der Waals surface area contributed by atoms with E-state index in [0.717, 1.165) is 11.1 Å². The van der Waals surface area contributed by atoms with Crippen molar-refractivity contribution >= 4 is 0 Å². The van der Waals surface area contributed by atoms with Gasteiger partial charge < -0.3 is 9.78 Å². The number of hydrogen-bond acceptors (Lipinski definition) is 4. The minimum Gasteiger partial charge on any atom is -0.339 e. The molecule has 4 nitrogen and oxygen atoms in total. The van der Waals surface area contributed by atoms with Gasteiger partial charge in [-0.05, 0) is 11.8 Å². The van der Waals surface area contributed by atoms with Crippen molar-refractivity contribution in [3.05, 3.63) is 47.5 Å². The van der Waals surface area contributed by atoms with E-state index in [2.05, 4.69) is 9.78 Å². The van der Waals surface area contributed by atoms with Crippen LogP contribution in [0.2, 0.25) is 0 Å². The highest BCUT2D eigenvalue weighted by Gasteiger charge is 2.20. The van der Waals surface area contributed by atoms with Crippen LogP contribution in [0.4, 0.5) is 0 Å². The SMILES string of the molecule is CC(C)c1cccc(-c2cccc(C(C)C)c2OO)c1OO. The minimum absolute atomic E-state index is 0.189. The van der Waals surface area contributed by atoms with Crippen molar-refractivity contribution in [2.75, 3.05) is 0 Å². The molecule has 0 aliphatic heterocycles. The van der Waals surface area contributed by atoms with E-state index in [4.69, 9.17) is 0 Å². The van der Waals surface area contributed by atoms with E-state index in [0.29, 0.717) is 22.6 Å². The van der Waals surface area contributed by atoms with Crippen molar-refractivity contribution in [2.45, 2.75) is 39.5 Å². The van der Waals surface area contributed by atoms with Gasteiger partial charge >= 0.3 is 0 Å². The van der Waals surface area contributed by atoms with Crippen LogP contribution in [-0.2, 0) is 0 Å². The van der Waals surface area contributed by atoms with E-state index in [-0.39, 0.29) is 11.8 Å². The lowest BCUT2D eigenvalue weighted by Crippen LogP contribution is -2.00. The summed E-state index contributed by atoms with van der Waals surface area (Å²) in [5, 5.41) is 18.7. The Kier molecular flexibility index (Phi) is 5.06. The van der Waals surface area contributed by atoms with Crippen LogP contribution < -0.4 is 9.78 Å². The van der Waals surface area contributed by atoms with E-state index in [1.54, 1.807) is 0 Å². The molecule has 2 aromatic carbocycles.